The number of aromatic nitrogens is 1. The van der Waals surface area contributed by atoms with E-state index in [0.29, 0.717) is 17.9 Å². The molecule has 0 amide bonds. The normalized spacial score (nSPS) is 10.1. The highest BCUT2D eigenvalue weighted by atomic mass is 16.5. The van der Waals surface area contributed by atoms with Crippen molar-refractivity contribution in [3.8, 4) is 5.75 Å². The first-order chi connectivity index (χ1) is 8.24. The van der Waals surface area contributed by atoms with Crippen LogP contribution in [0.25, 0.3) is 0 Å². The van der Waals surface area contributed by atoms with Crippen LogP contribution in [0, 0.1) is 0 Å². The van der Waals surface area contributed by atoms with Gasteiger partial charge in [0.05, 0.1) is 12.1 Å². The Morgan fingerprint density at radius 3 is 2.71 bits per heavy atom. The molecule has 88 valence electrons. The molecule has 1 aromatic heterocycles. The number of esters is 1. The molecule has 5 heteroatoms. The van der Waals surface area contributed by atoms with Gasteiger partial charge in [0.25, 0.3) is 0 Å². The fourth-order valence-corrected chi connectivity index (χ4v) is 1.31. The maximum Gasteiger partial charge on any atom is 0.311 e. The van der Waals surface area contributed by atoms with Crippen molar-refractivity contribution in [3.05, 3.63) is 42.3 Å². The molecule has 0 saturated carbocycles. The fourth-order valence-electron chi connectivity index (χ4n) is 1.31. The Bertz CT molecular complexity index is 477. The second-order valence-electron chi connectivity index (χ2n) is 3.53. The summed E-state index contributed by atoms with van der Waals surface area (Å²) in [5, 5.41) is 3.71. The van der Waals surface area contributed by atoms with Crippen molar-refractivity contribution < 1.29 is 14.1 Å². The van der Waals surface area contributed by atoms with Gasteiger partial charge in [0.2, 0.25) is 0 Å². The molecule has 2 rings (SSSR count). The number of hydrogen-bond donors (Lipinski definition) is 1. The number of aryl methyl sites for hydroxylation is 1. The molecule has 2 N–H and O–H groups in total. The molecule has 0 aliphatic carbocycles. The molecule has 17 heavy (non-hydrogen) atoms. The summed E-state index contributed by atoms with van der Waals surface area (Å²) in [6.45, 7) is 0. The van der Waals surface area contributed by atoms with Crippen LogP contribution in [0.2, 0.25) is 0 Å². The van der Waals surface area contributed by atoms with Gasteiger partial charge in [0, 0.05) is 18.2 Å². The van der Waals surface area contributed by atoms with E-state index in [2.05, 4.69) is 9.68 Å². The number of ether oxygens (including phenoxy) is 1. The van der Waals surface area contributed by atoms with Gasteiger partial charge in [-0.15, -0.1) is 0 Å². The molecule has 0 aliphatic rings. The standard InChI is InChI=1S/C12H12N2O3/c13-9-1-4-11(5-2-9)17-12(15)6-3-10-7-8-16-14-10/h1-2,4-5,7-8H,3,6,13H2. The van der Waals surface area contributed by atoms with Gasteiger partial charge in [0.1, 0.15) is 12.0 Å². The second kappa shape index (κ2) is 5.16. The van der Waals surface area contributed by atoms with E-state index in [1.165, 1.54) is 6.26 Å². The molecule has 0 aliphatic heterocycles. The zero-order chi connectivity index (χ0) is 12.1. The van der Waals surface area contributed by atoms with Gasteiger partial charge in [-0.05, 0) is 24.3 Å². The molecular formula is C12H12N2O3. The number of nitrogens with zero attached hydrogens (tertiary/aromatic N) is 1. The monoisotopic (exact) mass is 232 g/mol. The second-order valence-corrected chi connectivity index (χ2v) is 3.53. The number of carbonyl (C=O) groups is 1. The minimum atomic E-state index is -0.308. The highest BCUT2D eigenvalue weighted by Crippen LogP contribution is 2.14. The van der Waals surface area contributed by atoms with Crippen LogP contribution in [0.4, 0.5) is 5.69 Å². The Hall–Kier alpha value is -2.30. The van der Waals surface area contributed by atoms with Crippen molar-refractivity contribution in [3.63, 3.8) is 0 Å². The summed E-state index contributed by atoms with van der Waals surface area (Å²) < 4.78 is 9.78. The smallest absolute Gasteiger partial charge is 0.311 e. The predicted molar refractivity (Wildman–Crippen MR) is 61.3 cm³/mol. The number of hydrogen-bond acceptors (Lipinski definition) is 5. The van der Waals surface area contributed by atoms with E-state index in [-0.39, 0.29) is 12.4 Å². The van der Waals surface area contributed by atoms with Crippen molar-refractivity contribution in [1.29, 1.82) is 0 Å². The molecule has 5 nitrogen and oxygen atoms in total. The Balaban J connectivity index is 1.83. The average Bonchev–Trinajstić information content (AvgIpc) is 2.83. The minimum Gasteiger partial charge on any atom is -0.427 e. The molecule has 0 saturated heterocycles. The molecule has 0 fully saturated rings. The Morgan fingerprint density at radius 1 is 1.29 bits per heavy atom. The van der Waals surface area contributed by atoms with Gasteiger partial charge in [0.15, 0.2) is 0 Å². The van der Waals surface area contributed by atoms with Crippen LogP contribution in [0.1, 0.15) is 12.1 Å². The molecule has 0 radical (unpaired) electrons. The molecule has 0 unspecified atom stereocenters. The van der Waals surface area contributed by atoms with Crippen LogP contribution in [-0.2, 0) is 11.2 Å². The molecule has 0 atom stereocenters. The first-order valence-electron chi connectivity index (χ1n) is 5.19. The van der Waals surface area contributed by atoms with Gasteiger partial charge in [-0.1, -0.05) is 5.16 Å². The van der Waals surface area contributed by atoms with Crippen LogP contribution < -0.4 is 10.5 Å². The molecule has 1 aromatic carbocycles. The van der Waals surface area contributed by atoms with Gasteiger partial charge in [-0.3, -0.25) is 4.79 Å². The van der Waals surface area contributed by atoms with Crippen LogP contribution >= 0.6 is 0 Å². The fraction of sp³-hybridized carbons (Fsp3) is 0.167. The summed E-state index contributed by atoms with van der Waals surface area (Å²) in [5.41, 5.74) is 6.89. The number of benzene rings is 1. The third-order valence-corrected chi connectivity index (χ3v) is 2.19. The molecule has 0 bridgehead atoms. The maximum atomic E-state index is 11.5. The van der Waals surface area contributed by atoms with Crippen molar-refractivity contribution >= 4 is 11.7 Å². The van der Waals surface area contributed by atoms with E-state index in [0.717, 1.165) is 5.69 Å². The zero-order valence-corrected chi connectivity index (χ0v) is 9.13. The summed E-state index contributed by atoms with van der Waals surface area (Å²) in [5.74, 6) is 0.183. The Kier molecular flexibility index (Phi) is 3.40. The number of nitrogens with two attached hydrogens (primary N) is 1. The van der Waals surface area contributed by atoms with Crippen molar-refractivity contribution in [1.82, 2.24) is 5.16 Å². The third-order valence-electron chi connectivity index (χ3n) is 2.19. The summed E-state index contributed by atoms with van der Waals surface area (Å²) in [4.78, 5) is 11.5. The van der Waals surface area contributed by atoms with Crippen LogP contribution in [-0.4, -0.2) is 11.1 Å². The number of carbonyl (C=O) groups excluding carboxylic acids is 1. The van der Waals surface area contributed by atoms with Crippen LogP contribution in [0.5, 0.6) is 5.75 Å². The lowest BCUT2D eigenvalue weighted by atomic mass is 10.2. The topological polar surface area (TPSA) is 78.4 Å². The zero-order valence-electron chi connectivity index (χ0n) is 9.13. The van der Waals surface area contributed by atoms with E-state index >= 15 is 0 Å². The molecular weight excluding hydrogens is 220 g/mol. The summed E-state index contributed by atoms with van der Waals surface area (Å²) in [6, 6.07) is 8.39. The lowest BCUT2D eigenvalue weighted by molar-refractivity contribution is -0.134. The summed E-state index contributed by atoms with van der Waals surface area (Å²) in [6.07, 6.45) is 2.24. The minimum absolute atomic E-state index is 0.261. The van der Waals surface area contributed by atoms with E-state index in [1.807, 2.05) is 0 Å². The molecule has 1 heterocycles. The van der Waals surface area contributed by atoms with Crippen LogP contribution in [0.3, 0.4) is 0 Å². The largest absolute Gasteiger partial charge is 0.427 e. The van der Waals surface area contributed by atoms with Gasteiger partial charge in [-0.2, -0.15) is 0 Å². The van der Waals surface area contributed by atoms with E-state index < -0.39 is 0 Å². The van der Waals surface area contributed by atoms with Crippen molar-refractivity contribution in [2.75, 3.05) is 5.73 Å². The van der Waals surface area contributed by atoms with Gasteiger partial charge in [-0.25, -0.2) is 0 Å². The molecule has 2 aromatic rings. The van der Waals surface area contributed by atoms with E-state index in [9.17, 15) is 4.79 Å². The number of nitrogen functional groups attached to an aromatic ring is 1. The Morgan fingerprint density at radius 2 is 2.06 bits per heavy atom. The molecule has 0 spiro atoms. The number of rotatable bonds is 4. The first-order valence-corrected chi connectivity index (χ1v) is 5.19. The predicted octanol–water partition coefficient (Wildman–Crippen LogP) is 1.80. The highest BCUT2D eigenvalue weighted by molar-refractivity contribution is 5.72. The SMILES string of the molecule is Nc1ccc(OC(=O)CCc2ccon2)cc1. The van der Waals surface area contributed by atoms with Crippen molar-refractivity contribution in [2.45, 2.75) is 12.8 Å². The van der Waals surface area contributed by atoms with E-state index in [1.54, 1.807) is 30.3 Å². The summed E-state index contributed by atoms with van der Waals surface area (Å²) >= 11 is 0. The summed E-state index contributed by atoms with van der Waals surface area (Å²) in [7, 11) is 0. The van der Waals surface area contributed by atoms with Crippen LogP contribution in [0.15, 0.2) is 41.1 Å². The third kappa shape index (κ3) is 3.34. The maximum absolute atomic E-state index is 11.5. The van der Waals surface area contributed by atoms with E-state index in [4.69, 9.17) is 10.5 Å². The van der Waals surface area contributed by atoms with Gasteiger partial charge >= 0.3 is 5.97 Å². The number of anilines is 1. The highest BCUT2D eigenvalue weighted by Gasteiger charge is 2.06. The van der Waals surface area contributed by atoms with Gasteiger partial charge < -0.3 is 15.0 Å². The van der Waals surface area contributed by atoms with Crippen molar-refractivity contribution in [2.24, 2.45) is 0 Å². The first kappa shape index (κ1) is 11.2. The quantitative estimate of drug-likeness (QED) is 0.494. The lowest BCUT2D eigenvalue weighted by Crippen LogP contribution is -2.09. The average molecular weight is 232 g/mol. The Labute approximate surface area is 98.2 Å². The lowest BCUT2D eigenvalue weighted by Gasteiger charge is -2.03.